The highest BCUT2D eigenvalue weighted by atomic mass is 16.3. The second-order valence-electron chi connectivity index (χ2n) is 6.77. The Balaban J connectivity index is 1.63. The summed E-state index contributed by atoms with van der Waals surface area (Å²) in [5, 5.41) is 2.98. The topological polar surface area (TPSA) is 71.5 Å². The van der Waals surface area contributed by atoms with Gasteiger partial charge in [0, 0.05) is 19.1 Å². The van der Waals surface area contributed by atoms with Gasteiger partial charge in [0.2, 0.25) is 0 Å². The maximum absolute atomic E-state index is 12.3. The summed E-state index contributed by atoms with van der Waals surface area (Å²) >= 11 is 0. The molecule has 3 rings (SSSR count). The number of furan rings is 1. The van der Waals surface area contributed by atoms with Crippen molar-refractivity contribution in [1.29, 1.82) is 0 Å². The molecule has 134 valence electrons. The number of rotatable bonds is 6. The molecule has 0 saturated carbocycles. The maximum Gasteiger partial charge on any atom is 0.254 e. The van der Waals surface area contributed by atoms with E-state index in [1.807, 2.05) is 6.07 Å². The average molecular weight is 341 g/mol. The molecule has 0 bridgehead atoms. The molecule has 5 nitrogen and oxygen atoms in total. The highest BCUT2D eigenvalue weighted by Crippen LogP contribution is 2.21. The van der Waals surface area contributed by atoms with Gasteiger partial charge >= 0.3 is 0 Å². The summed E-state index contributed by atoms with van der Waals surface area (Å²) in [5.74, 6) is 0.481. The number of nitrogens with one attached hydrogen (secondary N) is 1. The van der Waals surface area contributed by atoms with Crippen LogP contribution in [0.5, 0.6) is 0 Å². The lowest BCUT2D eigenvalue weighted by atomic mass is 10.0. The number of piperidine rings is 1. The van der Waals surface area contributed by atoms with Gasteiger partial charge in [0.05, 0.1) is 12.1 Å². The van der Waals surface area contributed by atoms with Gasteiger partial charge in [-0.15, -0.1) is 0 Å². The fourth-order valence-corrected chi connectivity index (χ4v) is 3.38. The molecule has 3 N–H and O–H groups in total. The van der Waals surface area contributed by atoms with Crippen LogP contribution in [-0.4, -0.2) is 23.4 Å². The molecule has 1 aromatic heterocycles. The van der Waals surface area contributed by atoms with Gasteiger partial charge in [0.15, 0.2) is 0 Å². The lowest BCUT2D eigenvalue weighted by Gasteiger charge is -2.33. The summed E-state index contributed by atoms with van der Waals surface area (Å²) in [4.78, 5) is 14.8. The molecule has 1 fully saturated rings. The van der Waals surface area contributed by atoms with E-state index >= 15 is 0 Å². The normalized spacial score (nSPS) is 18.2. The van der Waals surface area contributed by atoms with Crippen molar-refractivity contribution in [3.8, 4) is 0 Å². The first-order valence-electron chi connectivity index (χ1n) is 9.04. The number of hydrogen-bond acceptors (Lipinski definition) is 4. The summed E-state index contributed by atoms with van der Waals surface area (Å²) in [7, 11) is 0. The van der Waals surface area contributed by atoms with Crippen LogP contribution < -0.4 is 11.1 Å². The molecule has 1 saturated heterocycles. The summed E-state index contributed by atoms with van der Waals surface area (Å²) in [5.41, 5.74) is 8.48. The quantitative estimate of drug-likeness (QED) is 0.847. The molecule has 1 amide bonds. The summed E-state index contributed by atoms with van der Waals surface area (Å²) in [6.07, 6.45) is 5.32. The molecule has 0 radical (unpaired) electrons. The molecule has 0 aliphatic carbocycles. The highest BCUT2D eigenvalue weighted by molar-refractivity contribution is 5.93. The van der Waals surface area contributed by atoms with E-state index in [4.69, 9.17) is 10.2 Å². The van der Waals surface area contributed by atoms with Crippen LogP contribution in [0.4, 0.5) is 0 Å². The monoisotopic (exact) mass is 341 g/mol. The third-order valence-electron chi connectivity index (χ3n) is 4.99. The van der Waals surface area contributed by atoms with Gasteiger partial charge in [0.1, 0.15) is 12.0 Å². The molecular formula is C20H27N3O2. The minimum absolute atomic E-state index is 0.135. The molecule has 1 unspecified atom stereocenters. The van der Waals surface area contributed by atoms with Gasteiger partial charge in [-0.05, 0) is 43.5 Å². The van der Waals surface area contributed by atoms with Crippen molar-refractivity contribution in [3.05, 3.63) is 59.0 Å². The zero-order valence-electron chi connectivity index (χ0n) is 14.8. The molecule has 0 spiro atoms. The number of hydrogen-bond donors (Lipinski definition) is 2. The Kier molecular flexibility index (Phi) is 5.89. The standard InChI is InChI=1S/C20H27N3O2/c1-15-6-4-5-9-23(15)13-17-8-3-2-7-16(17)12-22-20(24)18-10-19(11-21)25-14-18/h2-3,7-8,10,14-15H,4-6,9,11-13,21H2,1H3,(H,22,24). The first-order valence-corrected chi connectivity index (χ1v) is 9.04. The lowest BCUT2D eigenvalue weighted by molar-refractivity contribution is 0.0950. The number of carbonyl (C=O) groups is 1. The second-order valence-corrected chi connectivity index (χ2v) is 6.77. The number of benzene rings is 1. The van der Waals surface area contributed by atoms with Gasteiger partial charge < -0.3 is 15.5 Å². The molecule has 2 heterocycles. The predicted molar refractivity (Wildman–Crippen MR) is 97.9 cm³/mol. The molecule has 1 aliphatic rings. The molecule has 5 heteroatoms. The van der Waals surface area contributed by atoms with Crippen LogP contribution in [0.2, 0.25) is 0 Å². The van der Waals surface area contributed by atoms with E-state index in [0.717, 1.165) is 18.7 Å². The van der Waals surface area contributed by atoms with E-state index in [2.05, 4.69) is 35.3 Å². The number of likely N-dealkylation sites (tertiary alicyclic amines) is 1. The second kappa shape index (κ2) is 8.32. The van der Waals surface area contributed by atoms with Crippen molar-refractivity contribution >= 4 is 5.91 Å². The Hall–Kier alpha value is -2.11. The summed E-state index contributed by atoms with van der Waals surface area (Å²) in [6, 6.07) is 10.7. The Bertz CT molecular complexity index is 710. The first-order chi connectivity index (χ1) is 12.2. The minimum Gasteiger partial charge on any atom is -0.467 e. The van der Waals surface area contributed by atoms with Crippen molar-refractivity contribution in [1.82, 2.24) is 10.2 Å². The summed E-state index contributed by atoms with van der Waals surface area (Å²) < 4.78 is 5.23. The third-order valence-corrected chi connectivity index (χ3v) is 4.99. The number of nitrogens with zero attached hydrogens (tertiary/aromatic N) is 1. The molecule has 1 atom stereocenters. The first kappa shape index (κ1) is 17.7. The van der Waals surface area contributed by atoms with Gasteiger partial charge in [-0.1, -0.05) is 30.7 Å². The molecule has 1 aromatic carbocycles. The van der Waals surface area contributed by atoms with Gasteiger partial charge in [-0.25, -0.2) is 0 Å². The molecule has 25 heavy (non-hydrogen) atoms. The highest BCUT2D eigenvalue weighted by Gasteiger charge is 2.19. The van der Waals surface area contributed by atoms with E-state index in [9.17, 15) is 4.79 Å². The predicted octanol–water partition coefficient (Wildman–Crippen LogP) is 3.04. The minimum atomic E-state index is -0.135. The number of carbonyl (C=O) groups excluding carboxylic acids is 1. The fourth-order valence-electron chi connectivity index (χ4n) is 3.38. The van der Waals surface area contributed by atoms with Crippen molar-refractivity contribution < 1.29 is 9.21 Å². The van der Waals surface area contributed by atoms with Crippen LogP contribution in [0.25, 0.3) is 0 Å². The Labute approximate surface area is 149 Å². The smallest absolute Gasteiger partial charge is 0.254 e. The third kappa shape index (κ3) is 4.50. The largest absolute Gasteiger partial charge is 0.467 e. The Morgan fingerprint density at radius 2 is 2.12 bits per heavy atom. The van der Waals surface area contributed by atoms with Crippen LogP contribution in [0, 0.1) is 0 Å². The molecule has 2 aromatic rings. The number of amides is 1. The van der Waals surface area contributed by atoms with E-state index in [1.165, 1.54) is 31.1 Å². The van der Waals surface area contributed by atoms with Crippen LogP contribution >= 0.6 is 0 Å². The van der Waals surface area contributed by atoms with Crippen molar-refractivity contribution in [3.63, 3.8) is 0 Å². The molecule has 1 aliphatic heterocycles. The Morgan fingerprint density at radius 1 is 1.32 bits per heavy atom. The maximum atomic E-state index is 12.3. The van der Waals surface area contributed by atoms with Crippen molar-refractivity contribution in [2.24, 2.45) is 5.73 Å². The van der Waals surface area contributed by atoms with E-state index in [1.54, 1.807) is 6.07 Å². The van der Waals surface area contributed by atoms with E-state index in [0.29, 0.717) is 30.5 Å². The Morgan fingerprint density at radius 3 is 2.84 bits per heavy atom. The van der Waals surface area contributed by atoms with Crippen molar-refractivity contribution in [2.75, 3.05) is 6.54 Å². The molecular weight excluding hydrogens is 314 g/mol. The van der Waals surface area contributed by atoms with E-state index in [-0.39, 0.29) is 5.91 Å². The van der Waals surface area contributed by atoms with Gasteiger partial charge in [-0.3, -0.25) is 9.69 Å². The van der Waals surface area contributed by atoms with Crippen LogP contribution in [0.15, 0.2) is 41.0 Å². The van der Waals surface area contributed by atoms with Crippen LogP contribution in [0.3, 0.4) is 0 Å². The summed E-state index contributed by atoms with van der Waals surface area (Å²) in [6.45, 7) is 5.21. The zero-order chi connectivity index (χ0) is 17.6. The number of nitrogens with two attached hydrogens (primary N) is 1. The lowest BCUT2D eigenvalue weighted by Crippen LogP contribution is -2.37. The fraction of sp³-hybridized carbons (Fsp3) is 0.450. The van der Waals surface area contributed by atoms with Crippen molar-refractivity contribution in [2.45, 2.75) is 51.9 Å². The SMILES string of the molecule is CC1CCCCN1Cc1ccccc1CNC(=O)c1coc(CN)c1. The zero-order valence-corrected chi connectivity index (χ0v) is 14.8. The van der Waals surface area contributed by atoms with Crippen LogP contribution in [-0.2, 0) is 19.6 Å². The van der Waals surface area contributed by atoms with Gasteiger partial charge in [-0.2, -0.15) is 0 Å². The van der Waals surface area contributed by atoms with Gasteiger partial charge in [0.25, 0.3) is 5.91 Å². The van der Waals surface area contributed by atoms with E-state index < -0.39 is 0 Å². The average Bonchev–Trinajstić information content (AvgIpc) is 3.12. The van der Waals surface area contributed by atoms with Crippen LogP contribution in [0.1, 0.15) is 53.4 Å².